The fourth-order valence-electron chi connectivity index (χ4n) is 7.23. The van der Waals surface area contributed by atoms with Crippen LogP contribution in [-0.2, 0) is 12.0 Å². The fraction of sp³-hybridized carbons (Fsp3) is 0.462. The Balaban J connectivity index is 1.33. The molecule has 4 nitrogen and oxygen atoms in total. The van der Waals surface area contributed by atoms with Gasteiger partial charge in [-0.1, -0.05) is 24.3 Å². The molecule has 4 saturated carbocycles. The Morgan fingerprint density at radius 2 is 1.53 bits per heavy atom. The van der Waals surface area contributed by atoms with Gasteiger partial charge in [-0.25, -0.2) is 0 Å². The molecule has 4 aliphatic carbocycles. The van der Waals surface area contributed by atoms with Gasteiger partial charge in [0.05, 0.1) is 24.8 Å². The monoisotopic (exact) mass is 401 g/mol. The molecule has 0 aromatic heterocycles. The summed E-state index contributed by atoms with van der Waals surface area (Å²) in [6, 6.07) is 13.7. The molecule has 0 unspecified atom stereocenters. The van der Waals surface area contributed by atoms with Crippen molar-refractivity contribution in [1.82, 2.24) is 4.90 Å². The zero-order chi connectivity index (χ0) is 20.5. The summed E-state index contributed by atoms with van der Waals surface area (Å²) in [7, 11) is 1.61. The number of imide groups is 1. The Kier molecular flexibility index (Phi) is 3.90. The van der Waals surface area contributed by atoms with Gasteiger partial charge in [0.25, 0.3) is 11.8 Å². The summed E-state index contributed by atoms with van der Waals surface area (Å²) in [4.78, 5) is 27.7. The lowest BCUT2D eigenvalue weighted by Gasteiger charge is -2.57. The van der Waals surface area contributed by atoms with Crippen LogP contribution < -0.4 is 4.74 Å². The molecule has 4 heteroatoms. The first-order valence-corrected chi connectivity index (χ1v) is 11.2. The normalized spacial score (nSPS) is 31.4. The second-order valence-corrected chi connectivity index (χ2v) is 9.97. The van der Waals surface area contributed by atoms with E-state index in [4.69, 9.17) is 4.74 Å². The third kappa shape index (κ3) is 2.59. The van der Waals surface area contributed by atoms with Crippen LogP contribution in [0.4, 0.5) is 0 Å². The summed E-state index contributed by atoms with van der Waals surface area (Å²) in [5.41, 5.74) is 3.49. The Morgan fingerprint density at radius 3 is 2.20 bits per heavy atom. The first-order valence-electron chi connectivity index (χ1n) is 11.2. The average molecular weight is 402 g/mol. The third-order valence-corrected chi connectivity index (χ3v) is 8.14. The third-order valence-electron chi connectivity index (χ3n) is 8.14. The van der Waals surface area contributed by atoms with Gasteiger partial charge in [-0.15, -0.1) is 0 Å². The Hall–Kier alpha value is -2.62. The minimum Gasteiger partial charge on any atom is -0.496 e. The van der Waals surface area contributed by atoms with Crippen LogP contribution in [0.1, 0.15) is 70.4 Å². The molecule has 2 amide bonds. The molecular weight excluding hydrogens is 374 g/mol. The van der Waals surface area contributed by atoms with Crippen LogP contribution in [0.2, 0.25) is 0 Å². The molecule has 30 heavy (non-hydrogen) atoms. The maximum absolute atomic E-state index is 13.3. The number of carbonyl (C=O) groups excluding carboxylic acids is 2. The van der Waals surface area contributed by atoms with Crippen molar-refractivity contribution in [3.63, 3.8) is 0 Å². The van der Waals surface area contributed by atoms with Gasteiger partial charge in [-0.05, 0) is 85.5 Å². The van der Waals surface area contributed by atoms with Crippen molar-refractivity contribution in [1.29, 1.82) is 0 Å². The number of carbonyl (C=O) groups is 2. The van der Waals surface area contributed by atoms with Crippen LogP contribution in [0.15, 0.2) is 42.5 Å². The number of para-hydroxylation sites is 1. The van der Waals surface area contributed by atoms with Gasteiger partial charge in [0.2, 0.25) is 0 Å². The lowest BCUT2D eigenvalue weighted by atomic mass is 9.48. The predicted molar refractivity (Wildman–Crippen MR) is 113 cm³/mol. The lowest BCUT2D eigenvalue weighted by Crippen LogP contribution is -2.48. The van der Waals surface area contributed by atoms with E-state index in [1.54, 1.807) is 7.11 Å². The van der Waals surface area contributed by atoms with Gasteiger partial charge in [-0.3, -0.25) is 14.5 Å². The van der Waals surface area contributed by atoms with E-state index in [0.29, 0.717) is 16.9 Å². The minimum absolute atomic E-state index is 0.174. The highest BCUT2D eigenvalue weighted by Gasteiger charge is 2.52. The second-order valence-electron chi connectivity index (χ2n) is 9.97. The zero-order valence-corrected chi connectivity index (χ0v) is 17.4. The molecule has 1 heterocycles. The minimum atomic E-state index is -0.196. The first kappa shape index (κ1) is 18.2. The van der Waals surface area contributed by atoms with Crippen molar-refractivity contribution in [3.8, 4) is 5.75 Å². The van der Waals surface area contributed by atoms with E-state index in [1.807, 2.05) is 30.3 Å². The van der Waals surface area contributed by atoms with Gasteiger partial charge in [-0.2, -0.15) is 0 Å². The number of fused-ring (bicyclic) bond motifs is 1. The first-order chi connectivity index (χ1) is 14.6. The van der Waals surface area contributed by atoms with Crippen molar-refractivity contribution in [2.45, 2.75) is 50.5 Å². The molecule has 0 atom stereocenters. The molecular formula is C26H27NO3. The molecule has 154 valence electrons. The highest BCUT2D eigenvalue weighted by molar-refractivity contribution is 6.21. The number of ether oxygens (including phenoxy) is 1. The van der Waals surface area contributed by atoms with Crippen molar-refractivity contribution in [2.75, 3.05) is 7.11 Å². The van der Waals surface area contributed by atoms with Crippen molar-refractivity contribution >= 4 is 11.8 Å². The van der Waals surface area contributed by atoms with Crippen LogP contribution >= 0.6 is 0 Å². The van der Waals surface area contributed by atoms with Gasteiger partial charge >= 0.3 is 0 Å². The summed E-state index contributed by atoms with van der Waals surface area (Å²) in [5, 5.41) is 0. The highest BCUT2D eigenvalue weighted by Crippen LogP contribution is 2.60. The molecule has 0 radical (unpaired) electrons. The summed E-state index contributed by atoms with van der Waals surface area (Å²) in [6.07, 6.45) is 7.96. The SMILES string of the molecule is COc1ccccc1CN1C(=O)c2ccc(C34CC5CC(CC(C5)C3)C4)cc2C1=O. The average Bonchev–Trinajstić information content (AvgIpc) is 2.98. The van der Waals surface area contributed by atoms with Crippen molar-refractivity contribution in [2.24, 2.45) is 17.8 Å². The maximum Gasteiger partial charge on any atom is 0.261 e. The molecule has 4 bridgehead atoms. The number of hydrogen-bond donors (Lipinski definition) is 0. The van der Waals surface area contributed by atoms with E-state index in [2.05, 4.69) is 12.1 Å². The Bertz CT molecular complexity index is 1020. The molecule has 0 spiro atoms. The van der Waals surface area contributed by atoms with Crippen LogP contribution in [-0.4, -0.2) is 23.8 Å². The number of benzene rings is 2. The van der Waals surface area contributed by atoms with E-state index in [1.165, 1.54) is 49.0 Å². The Labute approximate surface area is 177 Å². The molecule has 7 rings (SSSR count). The summed E-state index contributed by atoms with van der Waals surface area (Å²) < 4.78 is 5.41. The van der Waals surface area contributed by atoms with E-state index in [0.717, 1.165) is 23.3 Å². The zero-order valence-electron chi connectivity index (χ0n) is 17.4. The van der Waals surface area contributed by atoms with Gasteiger partial charge in [0.15, 0.2) is 0 Å². The molecule has 2 aromatic carbocycles. The number of amides is 2. The van der Waals surface area contributed by atoms with Crippen LogP contribution in [0.5, 0.6) is 5.75 Å². The Morgan fingerprint density at radius 1 is 0.900 bits per heavy atom. The smallest absolute Gasteiger partial charge is 0.261 e. The highest BCUT2D eigenvalue weighted by atomic mass is 16.5. The van der Waals surface area contributed by atoms with E-state index in [9.17, 15) is 9.59 Å². The van der Waals surface area contributed by atoms with E-state index >= 15 is 0 Å². The molecule has 0 N–H and O–H groups in total. The number of hydrogen-bond acceptors (Lipinski definition) is 3. The molecule has 4 fully saturated rings. The maximum atomic E-state index is 13.3. The summed E-state index contributed by atoms with van der Waals surface area (Å²) in [6.45, 7) is 0.239. The van der Waals surface area contributed by atoms with Crippen molar-refractivity contribution in [3.05, 3.63) is 64.7 Å². The summed E-state index contributed by atoms with van der Waals surface area (Å²) in [5.74, 6) is 2.88. The summed E-state index contributed by atoms with van der Waals surface area (Å²) >= 11 is 0. The van der Waals surface area contributed by atoms with E-state index < -0.39 is 0 Å². The van der Waals surface area contributed by atoms with Gasteiger partial charge in [0.1, 0.15) is 5.75 Å². The molecule has 1 aliphatic heterocycles. The van der Waals surface area contributed by atoms with Gasteiger partial charge in [0, 0.05) is 5.56 Å². The van der Waals surface area contributed by atoms with Crippen molar-refractivity contribution < 1.29 is 14.3 Å². The predicted octanol–water partition coefficient (Wildman–Crippen LogP) is 4.96. The van der Waals surface area contributed by atoms with Crippen LogP contribution in [0.3, 0.4) is 0 Å². The van der Waals surface area contributed by atoms with E-state index in [-0.39, 0.29) is 23.8 Å². The molecule has 5 aliphatic rings. The topological polar surface area (TPSA) is 46.6 Å². The number of methoxy groups -OCH3 is 1. The largest absolute Gasteiger partial charge is 0.496 e. The quantitative estimate of drug-likeness (QED) is 0.681. The lowest BCUT2D eigenvalue weighted by molar-refractivity contribution is -0.00520. The second kappa shape index (κ2) is 6.44. The van der Waals surface area contributed by atoms with Crippen LogP contribution in [0, 0.1) is 17.8 Å². The fourth-order valence-corrected chi connectivity index (χ4v) is 7.23. The standard InChI is InChI=1S/C26H27NO3/c1-30-23-5-3-2-4-19(23)15-27-24(28)21-7-6-20(11-22(21)25(27)29)26-12-16-8-17(13-26)10-18(9-16)14-26/h2-7,11,16-18H,8-10,12-15H2,1H3. The molecule has 2 aromatic rings. The number of rotatable bonds is 4. The van der Waals surface area contributed by atoms with Gasteiger partial charge < -0.3 is 4.74 Å². The van der Waals surface area contributed by atoms with Crippen LogP contribution in [0.25, 0.3) is 0 Å². The molecule has 0 saturated heterocycles. The number of nitrogens with zero attached hydrogens (tertiary/aromatic N) is 1.